The van der Waals surface area contributed by atoms with E-state index < -0.39 is 0 Å². The van der Waals surface area contributed by atoms with Gasteiger partial charge in [-0.3, -0.25) is 0 Å². The van der Waals surface area contributed by atoms with Crippen molar-refractivity contribution in [1.29, 1.82) is 0 Å². The van der Waals surface area contributed by atoms with E-state index in [0.29, 0.717) is 5.88 Å². The van der Waals surface area contributed by atoms with Gasteiger partial charge < -0.3 is 10.1 Å². The summed E-state index contributed by atoms with van der Waals surface area (Å²) in [5, 5.41) is 3.57. The molecule has 1 N–H and O–H groups in total. The Hall–Kier alpha value is -1.09. The van der Waals surface area contributed by atoms with Gasteiger partial charge in [-0.05, 0) is 25.3 Å². The lowest BCUT2D eigenvalue weighted by molar-refractivity contribution is 0.329. The first kappa shape index (κ1) is 13.0. The van der Waals surface area contributed by atoms with Gasteiger partial charge in [-0.25, -0.2) is 4.98 Å². The molecule has 16 heavy (non-hydrogen) atoms. The smallest absolute Gasteiger partial charge is 0.212 e. The topological polar surface area (TPSA) is 34.1 Å². The lowest BCUT2D eigenvalue weighted by Crippen LogP contribution is -2.40. The Morgan fingerprint density at radius 3 is 2.44 bits per heavy atom. The van der Waals surface area contributed by atoms with Gasteiger partial charge in [-0.1, -0.05) is 19.9 Å². The molecule has 0 aliphatic heterocycles. The van der Waals surface area contributed by atoms with Crippen molar-refractivity contribution in [2.75, 3.05) is 7.11 Å². The van der Waals surface area contributed by atoms with Crippen LogP contribution in [0.5, 0.6) is 5.88 Å². The van der Waals surface area contributed by atoms with Crippen LogP contribution < -0.4 is 10.1 Å². The van der Waals surface area contributed by atoms with Crippen molar-refractivity contribution in [2.24, 2.45) is 0 Å². The summed E-state index contributed by atoms with van der Waals surface area (Å²) < 4.78 is 5.03. The van der Waals surface area contributed by atoms with Crippen LogP contribution >= 0.6 is 0 Å². The average Bonchev–Trinajstić information content (AvgIpc) is 2.36. The van der Waals surface area contributed by atoms with Crippen LogP contribution in [-0.4, -0.2) is 17.6 Å². The molecule has 0 aromatic carbocycles. The van der Waals surface area contributed by atoms with Crippen LogP contribution in [0.15, 0.2) is 18.3 Å². The first-order valence-corrected chi connectivity index (χ1v) is 5.87. The zero-order chi connectivity index (χ0) is 12.0. The van der Waals surface area contributed by atoms with E-state index in [2.05, 4.69) is 31.1 Å². The van der Waals surface area contributed by atoms with Gasteiger partial charge in [0.1, 0.15) is 0 Å². The molecule has 0 saturated heterocycles. The van der Waals surface area contributed by atoms with Crippen LogP contribution in [-0.2, 0) is 6.54 Å². The molecule has 0 aliphatic carbocycles. The molecular weight excluding hydrogens is 200 g/mol. The largest absolute Gasteiger partial charge is 0.481 e. The van der Waals surface area contributed by atoms with Crippen LogP contribution in [0, 0.1) is 0 Å². The van der Waals surface area contributed by atoms with Crippen molar-refractivity contribution in [3.05, 3.63) is 23.9 Å². The van der Waals surface area contributed by atoms with Crippen LogP contribution in [0.2, 0.25) is 0 Å². The number of ether oxygens (including phenoxy) is 1. The minimum absolute atomic E-state index is 0.222. The van der Waals surface area contributed by atoms with Gasteiger partial charge >= 0.3 is 0 Å². The van der Waals surface area contributed by atoms with Gasteiger partial charge in [0, 0.05) is 24.3 Å². The second-order valence-corrected chi connectivity index (χ2v) is 4.33. The molecule has 0 spiro atoms. The maximum atomic E-state index is 5.03. The highest BCUT2D eigenvalue weighted by Crippen LogP contribution is 2.15. The predicted molar refractivity (Wildman–Crippen MR) is 66.6 cm³/mol. The Morgan fingerprint density at radius 2 is 2.00 bits per heavy atom. The number of methoxy groups -OCH3 is 1. The lowest BCUT2D eigenvalue weighted by Gasteiger charge is -2.28. The molecule has 3 nitrogen and oxygen atoms in total. The van der Waals surface area contributed by atoms with Crippen molar-refractivity contribution in [3.63, 3.8) is 0 Å². The Labute approximate surface area is 98.2 Å². The Kier molecular flexibility index (Phi) is 4.74. The maximum Gasteiger partial charge on any atom is 0.212 e. The summed E-state index contributed by atoms with van der Waals surface area (Å²) in [6, 6.07) is 3.94. The summed E-state index contributed by atoms with van der Waals surface area (Å²) in [5.74, 6) is 0.664. The molecule has 0 aliphatic rings. The molecule has 1 rings (SSSR count). The minimum atomic E-state index is 0.222. The summed E-state index contributed by atoms with van der Waals surface area (Å²) in [4.78, 5) is 4.19. The number of nitrogens with zero attached hydrogens (tertiary/aromatic N) is 1. The third kappa shape index (κ3) is 3.49. The number of rotatable bonds is 6. The van der Waals surface area contributed by atoms with Crippen molar-refractivity contribution in [3.8, 4) is 5.88 Å². The molecule has 0 unspecified atom stereocenters. The first-order chi connectivity index (χ1) is 7.63. The van der Waals surface area contributed by atoms with Gasteiger partial charge in [-0.2, -0.15) is 0 Å². The van der Waals surface area contributed by atoms with Crippen LogP contribution in [0.25, 0.3) is 0 Å². The fourth-order valence-electron chi connectivity index (χ4n) is 1.45. The molecule has 0 atom stereocenters. The number of aromatic nitrogens is 1. The van der Waals surface area contributed by atoms with Gasteiger partial charge in [0.05, 0.1) is 7.11 Å². The average molecular weight is 222 g/mol. The molecular formula is C13H22N2O. The quantitative estimate of drug-likeness (QED) is 0.803. The highest BCUT2D eigenvalue weighted by molar-refractivity contribution is 5.17. The van der Waals surface area contributed by atoms with Crippen molar-refractivity contribution in [1.82, 2.24) is 10.3 Å². The fraction of sp³-hybridized carbons (Fsp3) is 0.615. The summed E-state index contributed by atoms with van der Waals surface area (Å²) in [6.45, 7) is 7.53. The second-order valence-electron chi connectivity index (χ2n) is 4.33. The molecule has 3 heteroatoms. The van der Waals surface area contributed by atoms with Gasteiger partial charge in [-0.15, -0.1) is 0 Å². The Balaban J connectivity index is 2.54. The Bertz CT molecular complexity index is 304. The van der Waals surface area contributed by atoms with Crippen molar-refractivity contribution < 1.29 is 4.74 Å². The highest BCUT2D eigenvalue weighted by atomic mass is 16.5. The van der Waals surface area contributed by atoms with Crippen LogP contribution in [0.1, 0.15) is 39.2 Å². The number of hydrogen-bond donors (Lipinski definition) is 1. The lowest BCUT2D eigenvalue weighted by atomic mass is 9.95. The van der Waals surface area contributed by atoms with Gasteiger partial charge in [0.25, 0.3) is 0 Å². The van der Waals surface area contributed by atoms with Crippen molar-refractivity contribution >= 4 is 0 Å². The molecule has 0 bridgehead atoms. The van der Waals surface area contributed by atoms with Crippen molar-refractivity contribution in [2.45, 2.75) is 45.7 Å². The number of hydrogen-bond acceptors (Lipinski definition) is 3. The molecule has 90 valence electrons. The molecule has 1 aromatic heterocycles. The van der Waals surface area contributed by atoms with E-state index in [-0.39, 0.29) is 5.54 Å². The maximum absolute atomic E-state index is 5.03. The van der Waals surface area contributed by atoms with E-state index in [0.717, 1.165) is 19.4 Å². The monoisotopic (exact) mass is 222 g/mol. The molecule has 0 amide bonds. The predicted octanol–water partition coefficient (Wildman–Crippen LogP) is 2.76. The Morgan fingerprint density at radius 1 is 1.31 bits per heavy atom. The SMILES string of the molecule is CCC(C)(CC)NCc1ccc(OC)nc1. The zero-order valence-electron chi connectivity index (χ0n) is 10.7. The zero-order valence-corrected chi connectivity index (χ0v) is 10.7. The molecule has 0 radical (unpaired) electrons. The molecule has 1 heterocycles. The first-order valence-electron chi connectivity index (χ1n) is 5.87. The standard InChI is InChI=1S/C13H22N2O/c1-5-13(3,6-2)15-10-11-7-8-12(16-4)14-9-11/h7-9,15H,5-6,10H2,1-4H3. The second kappa shape index (κ2) is 5.85. The summed E-state index contributed by atoms with van der Waals surface area (Å²) in [7, 11) is 1.63. The normalized spacial score (nSPS) is 11.5. The van der Waals surface area contributed by atoms with Gasteiger partial charge in [0.15, 0.2) is 0 Å². The minimum Gasteiger partial charge on any atom is -0.481 e. The van der Waals surface area contributed by atoms with E-state index in [1.165, 1.54) is 5.56 Å². The van der Waals surface area contributed by atoms with E-state index in [4.69, 9.17) is 4.74 Å². The fourth-order valence-corrected chi connectivity index (χ4v) is 1.45. The molecule has 0 saturated carbocycles. The van der Waals surface area contributed by atoms with E-state index in [1.54, 1.807) is 7.11 Å². The summed E-state index contributed by atoms with van der Waals surface area (Å²) in [6.07, 6.45) is 4.12. The number of nitrogens with one attached hydrogen (secondary N) is 1. The molecule has 1 aromatic rings. The van der Waals surface area contributed by atoms with Crippen LogP contribution in [0.4, 0.5) is 0 Å². The van der Waals surface area contributed by atoms with E-state index in [9.17, 15) is 0 Å². The third-order valence-corrected chi connectivity index (χ3v) is 3.29. The summed E-state index contributed by atoms with van der Waals surface area (Å²) in [5.41, 5.74) is 1.41. The van der Waals surface area contributed by atoms with Gasteiger partial charge in [0.2, 0.25) is 5.88 Å². The van der Waals surface area contributed by atoms with E-state index >= 15 is 0 Å². The van der Waals surface area contributed by atoms with E-state index in [1.807, 2.05) is 18.3 Å². The third-order valence-electron chi connectivity index (χ3n) is 3.29. The summed E-state index contributed by atoms with van der Waals surface area (Å²) >= 11 is 0. The highest BCUT2D eigenvalue weighted by Gasteiger charge is 2.17. The molecule has 0 fully saturated rings. The number of pyridine rings is 1. The van der Waals surface area contributed by atoms with Crippen LogP contribution in [0.3, 0.4) is 0 Å².